The molecule has 0 atom stereocenters. The predicted octanol–water partition coefficient (Wildman–Crippen LogP) is 1.23. The number of benzene rings is 1. The molecule has 1 aromatic carbocycles. The fraction of sp³-hybridized carbons (Fsp3) is 0.182. The van der Waals surface area contributed by atoms with Crippen LogP contribution in [0.3, 0.4) is 0 Å². The molecule has 0 saturated carbocycles. The van der Waals surface area contributed by atoms with Gasteiger partial charge >= 0.3 is 5.63 Å². The van der Waals surface area contributed by atoms with E-state index in [4.69, 9.17) is 4.42 Å². The number of nitro benzene ring substituents is 1. The maximum absolute atomic E-state index is 11.7. The normalized spacial score (nSPS) is 10.5. The van der Waals surface area contributed by atoms with E-state index in [9.17, 15) is 19.7 Å². The molecule has 0 fully saturated rings. The Morgan fingerprint density at radius 1 is 1.50 bits per heavy atom. The molecular weight excluding hydrogens is 240 g/mol. The molecule has 0 unspecified atom stereocenters. The second kappa shape index (κ2) is 4.36. The van der Waals surface area contributed by atoms with E-state index in [1.807, 2.05) is 0 Å². The number of hydrogen-bond acceptors (Lipinski definition) is 6. The summed E-state index contributed by atoms with van der Waals surface area (Å²) >= 11 is 0. The standard InChI is InChI=1S/C11H8N2O5/c1-6(14)5-9-12-7-3-2-4-8(13(16)17)10(7)11(15)18-9/h2-4H,5H2,1H3. The highest BCUT2D eigenvalue weighted by molar-refractivity contribution is 5.86. The molecule has 2 rings (SSSR count). The molecule has 2 aromatic rings. The van der Waals surface area contributed by atoms with Crippen LogP contribution in [0.15, 0.2) is 27.4 Å². The molecule has 0 saturated heterocycles. The number of hydrogen-bond donors (Lipinski definition) is 0. The van der Waals surface area contributed by atoms with Gasteiger partial charge in [0, 0.05) is 6.07 Å². The van der Waals surface area contributed by atoms with Gasteiger partial charge in [0.2, 0.25) is 5.89 Å². The number of rotatable bonds is 3. The van der Waals surface area contributed by atoms with Crippen molar-refractivity contribution in [3.05, 3.63) is 44.6 Å². The van der Waals surface area contributed by atoms with E-state index in [-0.39, 0.29) is 34.7 Å². The van der Waals surface area contributed by atoms with Gasteiger partial charge in [-0.05, 0) is 13.0 Å². The topological polar surface area (TPSA) is 103 Å². The van der Waals surface area contributed by atoms with Gasteiger partial charge in [0.1, 0.15) is 5.78 Å². The van der Waals surface area contributed by atoms with E-state index in [0.29, 0.717) is 0 Å². The zero-order valence-corrected chi connectivity index (χ0v) is 9.37. The fourth-order valence-corrected chi connectivity index (χ4v) is 1.59. The monoisotopic (exact) mass is 248 g/mol. The van der Waals surface area contributed by atoms with Crippen molar-refractivity contribution < 1.29 is 14.1 Å². The lowest BCUT2D eigenvalue weighted by atomic mass is 10.2. The van der Waals surface area contributed by atoms with Crippen LogP contribution in [-0.4, -0.2) is 15.7 Å². The summed E-state index contributed by atoms with van der Waals surface area (Å²) in [6.07, 6.45) is -0.117. The van der Waals surface area contributed by atoms with Crippen molar-refractivity contribution >= 4 is 22.4 Å². The minimum atomic E-state index is -0.858. The van der Waals surface area contributed by atoms with Gasteiger partial charge in [-0.2, -0.15) is 0 Å². The first kappa shape index (κ1) is 11.9. The van der Waals surface area contributed by atoms with Crippen LogP contribution in [0.4, 0.5) is 5.69 Å². The van der Waals surface area contributed by atoms with Gasteiger partial charge in [-0.15, -0.1) is 0 Å². The number of aromatic nitrogens is 1. The van der Waals surface area contributed by atoms with Crippen molar-refractivity contribution in [2.75, 3.05) is 0 Å². The summed E-state index contributed by atoms with van der Waals surface area (Å²) in [5, 5.41) is 10.6. The minimum Gasteiger partial charge on any atom is -0.407 e. The summed E-state index contributed by atoms with van der Waals surface area (Å²) in [5.41, 5.74) is -1.07. The maximum Gasteiger partial charge on any atom is 0.353 e. The highest BCUT2D eigenvalue weighted by Crippen LogP contribution is 2.20. The zero-order valence-electron chi connectivity index (χ0n) is 9.37. The van der Waals surface area contributed by atoms with Crippen molar-refractivity contribution in [2.45, 2.75) is 13.3 Å². The molecule has 0 aliphatic heterocycles. The Kier molecular flexibility index (Phi) is 2.88. The number of ketones is 1. The first-order chi connectivity index (χ1) is 8.49. The molecule has 1 heterocycles. The summed E-state index contributed by atoms with van der Waals surface area (Å²) in [4.78, 5) is 36.6. The molecule has 0 aliphatic carbocycles. The highest BCUT2D eigenvalue weighted by atomic mass is 16.6. The van der Waals surface area contributed by atoms with Gasteiger partial charge in [0.15, 0.2) is 5.39 Å². The molecule has 0 amide bonds. The van der Waals surface area contributed by atoms with Crippen LogP contribution in [0.1, 0.15) is 12.8 Å². The third-order valence-corrected chi connectivity index (χ3v) is 2.28. The van der Waals surface area contributed by atoms with E-state index >= 15 is 0 Å². The van der Waals surface area contributed by atoms with Crippen molar-refractivity contribution in [1.29, 1.82) is 0 Å². The van der Waals surface area contributed by atoms with Gasteiger partial charge in [0.25, 0.3) is 5.69 Å². The van der Waals surface area contributed by atoms with Crippen LogP contribution < -0.4 is 5.63 Å². The second-order valence-corrected chi connectivity index (χ2v) is 3.70. The minimum absolute atomic E-state index is 0.0412. The fourth-order valence-electron chi connectivity index (χ4n) is 1.59. The lowest BCUT2D eigenvalue weighted by Gasteiger charge is -2.00. The number of non-ortho nitro benzene ring substituents is 1. The van der Waals surface area contributed by atoms with Crippen molar-refractivity contribution in [2.24, 2.45) is 0 Å². The summed E-state index contributed by atoms with van der Waals surface area (Å²) in [6, 6.07) is 4.08. The maximum atomic E-state index is 11.7. The number of nitro groups is 1. The summed E-state index contributed by atoms with van der Waals surface area (Å²) in [5.74, 6) is -0.254. The molecule has 0 aliphatic rings. The van der Waals surface area contributed by atoms with Gasteiger partial charge in [-0.1, -0.05) is 6.07 Å². The molecule has 0 bridgehead atoms. The van der Waals surface area contributed by atoms with E-state index in [0.717, 1.165) is 0 Å². The number of carbonyl (C=O) groups is 1. The van der Waals surface area contributed by atoms with E-state index in [2.05, 4.69) is 4.98 Å². The molecule has 0 spiro atoms. The zero-order chi connectivity index (χ0) is 13.3. The molecule has 7 nitrogen and oxygen atoms in total. The van der Waals surface area contributed by atoms with Gasteiger partial charge in [-0.25, -0.2) is 9.78 Å². The van der Waals surface area contributed by atoms with Gasteiger partial charge in [0.05, 0.1) is 16.9 Å². The predicted molar refractivity (Wildman–Crippen MR) is 61.3 cm³/mol. The third-order valence-electron chi connectivity index (χ3n) is 2.28. The van der Waals surface area contributed by atoms with Crippen molar-refractivity contribution in [3.63, 3.8) is 0 Å². The second-order valence-electron chi connectivity index (χ2n) is 3.70. The van der Waals surface area contributed by atoms with Crippen molar-refractivity contribution in [1.82, 2.24) is 4.98 Å². The van der Waals surface area contributed by atoms with Crippen LogP contribution >= 0.6 is 0 Å². The number of fused-ring (bicyclic) bond motifs is 1. The Morgan fingerprint density at radius 2 is 2.22 bits per heavy atom. The third kappa shape index (κ3) is 2.10. The smallest absolute Gasteiger partial charge is 0.353 e. The summed E-state index contributed by atoms with van der Waals surface area (Å²) < 4.78 is 4.80. The molecule has 1 aromatic heterocycles. The lowest BCUT2D eigenvalue weighted by Crippen LogP contribution is -2.09. The van der Waals surface area contributed by atoms with Gasteiger partial charge < -0.3 is 4.42 Å². The number of Topliss-reactive ketones (excluding diaryl/α,β-unsaturated/α-hetero) is 1. The molecule has 92 valence electrons. The molecule has 7 heteroatoms. The highest BCUT2D eigenvalue weighted by Gasteiger charge is 2.18. The Bertz CT molecular complexity index is 704. The summed E-state index contributed by atoms with van der Waals surface area (Å²) in [7, 11) is 0. The first-order valence-electron chi connectivity index (χ1n) is 5.05. The van der Waals surface area contributed by atoms with E-state index in [1.54, 1.807) is 0 Å². The Hall–Kier alpha value is -2.57. The van der Waals surface area contributed by atoms with Crippen LogP contribution in [0.5, 0.6) is 0 Å². The number of nitrogens with zero attached hydrogens (tertiary/aromatic N) is 2. The van der Waals surface area contributed by atoms with Crippen LogP contribution in [-0.2, 0) is 11.2 Å². The molecule has 0 radical (unpaired) electrons. The average Bonchev–Trinajstić information content (AvgIpc) is 2.26. The Labute approximate surface area is 100 Å². The Morgan fingerprint density at radius 3 is 2.83 bits per heavy atom. The number of carbonyl (C=O) groups excluding carboxylic acids is 1. The lowest BCUT2D eigenvalue weighted by molar-refractivity contribution is -0.383. The van der Waals surface area contributed by atoms with Crippen molar-refractivity contribution in [3.8, 4) is 0 Å². The molecule has 0 N–H and O–H groups in total. The quantitative estimate of drug-likeness (QED) is 0.597. The average molecular weight is 248 g/mol. The van der Waals surface area contributed by atoms with Crippen LogP contribution in [0, 0.1) is 10.1 Å². The van der Waals surface area contributed by atoms with Gasteiger partial charge in [-0.3, -0.25) is 14.9 Å². The van der Waals surface area contributed by atoms with E-state index < -0.39 is 10.5 Å². The summed E-state index contributed by atoms with van der Waals surface area (Å²) in [6.45, 7) is 1.33. The molecular formula is C11H8N2O5. The van der Waals surface area contributed by atoms with Crippen LogP contribution in [0.2, 0.25) is 0 Å². The Balaban J connectivity index is 2.73. The molecule has 18 heavy (non-hydrogen) atoms. The van der Waals surface area contributed by atoms with E-state index in [1.165, 1.54) is 25.1 Å². The first-order valence-corrected chi connectivity index (χ1v) is 5.05. The van der Waals surface area contributed by atoms with Crippen LogP contribution in [0.25, 0.3) is 10.9 Å². The largest absolute Gasteiger partial charge is 0.407 e. The SMILES string of the molecule is CC(=O)Cc1nc2cccc([N+](=O)[O-])c2c(=O)o1.